The van der Waals surface area contributed by atoms with Gasteiger partial charge in [-0.15, -0.1) is 0 Å². The molecule has 5 nitrogen and oxygen atoms in total. The zero-order chi connectivity index (χ0) is 24.1. The van der Waals surface area contributed by atoms with Crippen LogP contribution in [0.15, 0.2) is 70.6 Å². The number of ether oxygens (including phenoxy) is 2. The molecule has 9 heteroatoms. The maximum Gasteiger partial charge on any atom is 0.264 e. The summed E-state index contributed by atoms with van der Waals surface area (Å²) in [6.07, 6.45) is 1.81. The zero-order valence-electron chi connectivity index (χ0n) is 18.0. The van der Waals surface area contributed by atoms with Crippen LogP contribution in [-0.2, 0) is 11.4 Å². The van der Waals surface area contributed by atoms with Crippen LogP contribution >= 0.6 is 57.6 Å². The number of amidine groups is 1. The fraction of sp³-hybridized carbons (Fsp3) is 0.120. The van der Waals surface area contributed by atoms with Crippen molar-refractivity contribution in [3.8, 4) is 11.5 Å². The number of nitrogens with one attached hydrogen (secondary N) is 1. The van der Waals surface area contributed by atoms with Gasteiger partial charge in [0.1, 0.15) is 6.61 Å². The average Bonchev–Trinajstić information content (AvgIpc) is 3.15. The molecule has 0 saturated carbocycles. The second kappa shape index (κ2) is 11.5. The maximum atomic E-state index is 12.5. The number of thioether (sulfide) groups is 1. The van der Waals surface area contributed by atoms with Gasteiger partial charge in [-0.05, 0) is 88.8 Å². The Kier molecular flexibility index (Phi) is 8.41. The molecule has 0 atom stereocenters. The predicted molar refractivity (Wildman–Crippen MR) is 148 cm³/mol. The van der Waals surface area contributed by atoms with Crippen molar-refractivity contribution >= 4 is 80.4 Å². The van der Waals surface area contributed by atoms with Crippen molar-refractivity contribution in [2.24, 2.45) is 4.99 Å². The van der Waals surface area contributed by atoms with Crippen LogP contribution in [0.3, 0.4) is 0 Å². The Balaban J connectivity index is 1.56. The molecule has 1 aliphatic rings. The summed E-state index contributed by atoms with van der Waals surface area (Å²) < 4.78 is 12.8. The molecule has 1 amide bonds. The van der Waals surface area contributed by atoms with Gasteiger partial charge in [0.15, 0.2) is 16.7 Å². The molecule has 3 aromatic carbocycles. The summed E-state index contributed by atoms with van der Waals surface area (Å²) in [5.74, 6) is 1.09. The normalized spacial score (nSPS) is 15.6. The van der Waals surface area contributed by atoms with Crippen LogP contribution in [0.1, 0.15) is 18.1 Å². The number of rotatable bonds is 7. The Hall–Kier alpha value is -2.20. The van der Waals surface area contributed by atoms with Gasteiger partial charge >= 0.3 is 0 Å². The first-order chi connectivity index (χ1) is 16.4. The van der Waals surface area contributed by atoms with Crippen LogP contribution < -0.4 is 14.8 Å². The fourth-order valence-electron chi connectivity index (χ4n) is 3.11. The predicted octanol–water partition coefficient (Wildman–Crippen LogP) is 7.47. The van der Waals surface area contributed by atoms with Crippen molar-refractivity contribution in [1.82, 2.24) is 5.32 Å². The summed E-state index contributed by atoms with van der Waals surface area (Å²) in [5.41, 5.74) is 2.50. The van der Waals surface area contributed by atoms with E-state index in [-0.39, 0.29) is 5.91 Å². The van der Waals surface area contributed by atoms with Gasteiger partial charge in [-0.1, -0.05) is 53.5 Å². The van der Waals surface area contributed by atoms with E-state index in [0.29, 0.717) is 50.5 Å². The summed E-state index contributed by atoms with van der Waals surface area (Å²) in [7, 11) is 0. The molecule has 4 rings (SSSR count). The SMILES string of the molecule is CCOc1cc(/C=C2/SC(=Nc3ccc(Cl)c(Cl)c3)NC2=O)cc(I)c1OCc1ccccc1. The second-order valence-corrected chi connectivity index (χ2v) is 10.1. The molecule has 0 aromatic heterocycles. The van der Waals surface area contributed by atoms with Crippen molar-refractivity contribution in [2.45, 2.75) is 13.5 Å². The fourth-order valence-corrected chi connectivity index (χ4v) is 5.02. The number of amides is 1. The van der Waals surface area contributed by atoms with E-state index in [0.717, 1.165) is 14.7 Å². The quantitative estimate of drug-likeness (QED) is 0.219. The molecule has 174 valence electrons. The smallest absolute Gasteiger partial charge is 0.264 e. The molecule has 0 bridgehead atoms. The van der Waals surface area contributed by atoms with E-state index in [1.165, 1.54) is 11.8 Å². The first kappa shape index (κ1) is 24.9. The first-order valence-electron chi connectivity index (χ1n) is 10.3. The third kappa shape index (κ3) is 6.27. The summed E-state index contributed by atoms with van der Waals surface area (Å²) in [6, 6.07) is 18.8. The van der Waals surface area contributed by atoms with Gasteiger partial charge in [0, 0.05) is 0 Å². The summed E-state index contributed by atoms with van der Waals surface area (Å²) >= 11 is 15.5. The Morgan fingerprint density at radius 1 is 1.06 bits per heavy atom. The van der Waals surface area contributed by atoms with E-state index in [2.05, 4.69) is 32.9 Å². The van der Waals surface area contributed by atoms with Crippen LogP contribution in [0.5, 0.6) is 11.5 Å². The standard InChI is InChI=1S/C25H19Cl2IN2O3S/c1-2-32-21-11-16(10-20(28)23(21)33-14-15-6-4-3-5-7-15)12-22-24(31)30-25(34-22)29-17-8-9-18(26)19(27)13-17/h3-13H,2,14H2,1H3,(H,29,30,31)/b22-12+. The minimum Gasteiger partial charge on any atom is -0.490 e. The number of hydrogen-bond acceptors (Lipinski definition) is 5. The molecule has 34 heavy (non-hydrogen) atoms. The molecule has 1 N–H and O–H groups in total. The number of carbonyl (C=O) groups excluding carboxylic acids is 1. The number of carbonyl (C=O) groups is 1. The molecule has 0 spiro atoms. The first-order valence-corrected chi connectivity index (χ1v) is 13.0. The molecule has 0 aliphatic carbocycles. The Morgan fingerprint density at radius 3 is 2.59 bits per heavy atom. The molecule has 1 fully saturated rings. The highest BCUT2D eigenvalue weighted by molar-refractivity contribution is 14.1. The van der Waals surface area contributed by atoms with Crippen molar-refractivity contribution < 1.29 is 14.3 Å². The van der Waals surface area contributed by atoms with Crippen LogP contribution in [0.25, 0.3) is 6.08 Å². The maximum absolute atomic E-state index is 12.5. The van der Waals surface area contributed by atoms with Crippen molar-refractivity contribution in [3.63, 3.8) is 0 Å². The van der Waals surface area contributed by atoms with Crippen LogP contribution in [0.4, 0.5) is 5.69 Å². The highest BCUT2D eigenvalue weighted by atomic mass is 127. The molecule has 0 unspecified atom stereocenters. The molecular formula is C25H19Cl2IN2O3S. The lowest BCUT2D eigenvalue weighted by Crippen LogP contribution is -2.19. The summed E-state index contributed by atoms with van der Waals surface area (Å²) in [6.45, 7) is 2.85. The van der Waals surface area contributed by atoms with Gasteiger partial charge in [0.25, 0.3) is 5.91 Å². The Labute approximate surface area is 225 Å². The van der Waals surface area contributed by atoms with Crippen LogP contribution in [0.2, 0.25) is 10.0 Å². The highest BCUT2D eigenvalue weighted by Crippen LogP contribution is 2.37. The number of aliphatic imine (C=N–C) groups is 1. The largest absolute Gasteiger partial charge is 0.490 e. The van der Waals surface area contributed by atoms with E-state index in [1.807, 2.05) is 55.5 Å². The van der Waals surface area contributed by atoms with Crippen molar-refractivity contribution in [1.29, 1.82) is 0 Å². The number of nitrogens with zero attached hydrogens (tertiary/aromatic N) is 1. The van der Waals surface area contributed by atoms with E-state index >= 15 is 0 Å². The van der Waals surface area contributed by atoms with Crippen LogP contribution in [-0.4, -0.2) is 17.7 Å². The molecular weight excluding hydrogens is 606 g/mol. The van der Waals surface area contributed by atoms with Gasteiger partial charge in [0.05, 0.1) is 30.8 Å². The van der Waals surface area contributed by atoms with E-state index in [1.54, 1.807) is 18.2 Å². The molecule has 1 heterocycles. The van der Waals surface area contributed by atoms with Gasteiger partial charge in [-0.3, -0.25) is 4.79 Å². The molecule has 1 saturated heterocycles. The second-order valence-electron chi connectivity index (χ2n) is 7.12. The van der Waals surface area contributed by atoms with Gasteiger partial charge in [-0.25, -0.2) is 4.99 Å². The minimum absolute atomic E-state index is 0.221. The minimum atomic E-state index is -0.221. The highest BCUT2D eigenvalue weighted by Gasteiger charge is 2.24. The molecule has 0 radical (unpaired) electrons. The van der Waals surface area contributed by atoms with Gasteiger partial charge in [0.2, 0.25) is 0 Å². The van der Waals surface area contributed by atoms with E-state index in [9.17, 15) is 4.79 Å². The van der Waals surface area contributed by atoms with E-state index < -0.39 is 0 Å². The van der Waals surface area contributed by atoms with Crippen LogP contribution in [0, 0.1) is 3.57 Å². The van der Waals surface area contributed by atoms with Gasteiger partial charge < -0.3 is 14.8 Å². The number of halogens is 3. The van der Waals surface area contributed by atoms with Crippen molar-refractivity contribution in [3.05, 3.63) is 90.3 Å². The van der Waals surface area contributed by atoms with Gasteiger partial charge in [-0.2, -0.15) is 0 Å². The average molecular weight is 625 g/mol. The number of benzene rings is 3. The monoisotopic (exact) mass is 624 g/mol. The van der Waals surface area contributed by atoms with Crippen molar-refractivity contribution in [2.75, 3.05) is 6.61 Å². The topological polar surface area (TPSA) is 59.9 Å². The lowest BCUT2D eigenvalue weighted by molar-refractivity contribution is -0.115. The molecule has 3 aromatic rings. The zero-order valence-corrected chi connectivity index (χ0v) is 22.5. The Bertz CT molecular complexity index is 1280. The molecule has 1 aliphatic heterocycles. The third-order valence-electron chi connectivity index (χ3n) is 4.64. The lowest BCUT2D eigenvalue weighted by atomic mass is 10.2. The third-order valence-corrected chi connectivity index (χ3v) is 7.09. The summed E-state index contributed by atoms with van der Waals surface area (Å²) in [4.78, 5) is 17.5. The number of hydrogen-bond donors (Lipinski definition) is 1. The summed E-state index contributed by atoms with van der Waals surface area (Å²) in [5, 5.41) is 4.11. The Morgan fingerprint density at radius 2 is 1.85 bits per heavy atom. The van der Waals surface area contributed by atoms with E-state index in [4.69, 9.17) is 32.7 Å². The lowest BCUT2D eigenvalue weighted by Gasteiger charge is -2.15.